The number of hydrogen-bond donors (Lipinski definition) is 1. The molecule has 1 aliphatic heterocycles. The van der Waals surface area contributed by atoms with Crippen LogP contribution in [0.2, 0.25) is 5.02 Å². The van der Waals surface area contributed by atoms with Gasteiger partial charge in [0, 0.05) is 16.0 Å². The molecule has 1 aliphatic rings. The first-order valence-corrected chi connectivity index (χ1v) is 7.07. The molecule has 1 aromatic rings. The van der Waals surface area contributed by atoms with E-state index in [2.05, 4.69) is 15.9 Å². The number of carbonyl (C=O) groups is 1. The third-order valence-corrected chi connectivity index (χ3v) is 4.30. The summed E-state index contributed by atoms with van der Waals surface area (Å²) < 4.78 is 0.959. The second-order valence-corrected chi connectivity index (χ2v) is 6.08. The van der Waals surface area contributed by atoms with Crippen molar-refractivity contribution in [3.8, 4) is 0 Å². The maximum absolute atomic E-state index is 11.3. The van der Waals surface area contributed by atoms with E-state index in [1.54, 1.807) is 0 Å². The highest BCUT2D eigenvalue weighted by atomic mass is 79.9. The summed E-state index contributed by atoms with van der Waals surface area (Å²) in [7, 11) is 0. The van der Waals surface area contributed by atoms with Crippen LogP contribution in [0.4, 0.5) is 0 Å². The van der Waals surface area contributed by atoms with E-state index in [0.29, 0.717) is 11.6 Å². The van der Waals surface area contributed by atoms with Crippen molar-refractivity contribution in [3.63, 3.8) is 0 Å². The molecule has 1 N–H and O–H groups in total. The molecule has 2 rings (SSSR count). The maximum atomic E-state index is 11.3. The quantitative estimate of drug-likeness (QED) is 0.922. The normalized spacial score (nSPS) is 24.4. The van der Waals surface area contributed by atoms with Crippen molar-refractivity contribution in [2.45, 2.75) is 25.9 Å². The SMILES string of the molecule is CC1CCN(Cc2cc(Br)ccc2Cl)C1C(=O)O. The lowest BCUT2D eigenvalue weighted by atomic mass is 10.0. The Hall–Kier alpha value is -0.580. The predicted octanol–water partition coefficient (Wildman–Crippen LogP) is 3.40. The Kier molecular flexibility index (Phi) is 4.30. The van der Waals surface area contributed by atoms with Crippen LogP contribution in [-0.2, 0) is 11.3 Å². The number of likely N-dealkylation sites (tertiary alicyclic amines) is 1. The smallest absolute Gasteiger partial charge is 0.321 e. The molecule has 0 radical (unpaired) electrons. The van der Waals surface area contributed by atoms with Gasteiger partial charge in [-0.2, -0.15) is 0 Å². The van der Waals surface area contributed by atoms with Crippen LogP contribution in [-0.4, -0.2) is 28.6 Å². The average molecular weight is 333 g/mol. The summed E-state index contributed by atoms with van der Waals surface area (Å²) in [6.45, 7) is 3.38. The third kappa shape index (κ3) is 2.87. The van der Waals surface area contributed by atoms with Gasteiger partial charge in [-0.3, -0.25) is 9.69 Å². The van der Waals surface area contributed by atoms with Gasteiger partial charge in [-0.15, -0.1) is 0 Å². The van der Waals surface area contributed by atoms with Crippen LogP contribution in [0.3, 0.4) is 0 Å². The van der Waals surface area contributed by atoms with Crippen LogP contribution >= 0.6 is 27.5 Å². The Bertz CT molecular complexity index is 466. The van der Waals surface area contributed by atoms with Crippen LogP contribution in [0.25, 0.3) is 0 Å². The molecule has 2 atom stereocenters. The highest BCUT2D eigenvalue weighted by molar-refractivity contribution is 9.10. The molecule has 1 fully saturated rings. The molecule has 0 bridgehead atoms. The standard InChI is InChI=1S/C13H15BrClNO2/c1-8-4-5-16(12(8)13(17)18)7-9-6-10(14)2-3-11(9)15/h2-3,6,8,12H,4-5,7H2,1H3,(H,17,18). The summed E-state index contributed by atoms with van der Waals surface area (Å²) in [6, 6.07) is 5.26. The predicted molar refractivity (Wildman–Crippen MR) is 74.8 cm³/mol. The van der Waals surface area contributed by atoms with Gasteiger partial charge in [0.15, 0.2) is 0 Å². The average Bonchev–Trinajstić information content (AvgIpc) is 2.65. The van der Waals surface area contributed by atoms with Crippen molar-refractivity contribution < 1.29 is 9.90 Å². The maximum Gasteiger partial charge on any atom is 0.321 e. The first-order chi connectivity index (χ1) is 8.49. The number of hydrogen-bond acceptors (Lipinski definition) is 2. The first kappa shape index (κ1) is 13.8. The zero-order valence-corrected chi connectivity index (χ0v) is 12.4. The summed E-state index contributed by atoms with van der Waals surface area (Å²) >= 11 is 9.55. The van der Waals surface area contributed by atoms with Crippen molar-refractivity contribution in [1.82, 2.24) is 4.90 Å². The number of benzene rings is 1. The summed E-state index contributed by atoms with van der Waals surface area (Å²) in [6.07, 6.45) is 0.919. The molecule has 5 heteroatoms. The topological polar surface area (TPSA) is 40.5 Å². The molecule has 0 spiro atoms. The van der Waals surface area contributed by atoms with E-state index in [0.717, 1.165) is 23.0 Å². The van der Waals surface area contributed by atoms with Crippen LogP contribution in [0.15, 0.2) is 22.7 Å². The molecule has 0 aliphatic carbocycles. The fraction of sp³-hybridized carbons (Fsp3) is 0.462. The molecular weight excluding hydrogens is 318 g/mol. The van der Waals surface area contributed by atoms with Gasteiger partial charge >= 0.3 is 5.97 Å². The molecule has 3 nitrogen and oxygen atoms in total. The number of halogens is 2. The number of rotatable bonds is 3. The summed E-state index contributed by atoms with van der Waals surface area (Å²) in [4.78, 5) is 13.3. The molecular formula is C13H15BrClNO2. The minimum Gasteiger partial charge on any atom is -0.480 e. The van der Waals surface area contributed by atoms with E-state index in [-0.39, 0.29) is 5.92 Å². The molecule has 1 heterocycles. The lowest BCUT2D eigenvalue weighted by Crippen LogP contribution is -2.38. The molecule has 1 aromatic carbocycles. The van der Waals surface area contributed by atoms with Gasteiger partial charge in [0.1, 0.15) is 6.04 Å². The van der Waals surface area contributed by atoms with Crippen LogP contribution in [0, 0.1) is 5.92 Å². The van der Waals surface area contributed by atoms with E-state index in [4.69, 9.17) is 11.6 Å². The largest absolute Gasteiger partial charge is 0.480 e. The Morgan fingerprint density at radius 2 is 2.33 bits per heavy atom. The van der Waals surface area contributed by atoms with Gasteiger partial charge in [0.05, 0.1) is 0 Å². The van der Waals surface area contributed by atoms with Gasteiger partial charge in [-0.1, -0.05) is 34.5 Å². The Labute approximate surface area is 120 Å². The highest BCUT2D eigenvalue weighted by Gasteiger charge is 2.36. The van der Waals surface area contributed by atoms with E-state index < -0.39 is 12.0 Å². The molecule has 18 heavy (non-hydrogen) atoms. The minimum absolute atomic E-state index is 0.188. The lowest BCUT2D eigenvalue weighted by Gasteiger charge is -2.23. The van der Waals surface area contributed by atoms with Gasteiger partial charge in [-0.25, -0.2) is 0 Å². The second kappa shape index (κ2) is 5.59. The molecule has 0 saturated carbocycles. The van der Waals surface area contributed by atoms with Crippen molar-refractivity contribution in [1.29, 1.82) is 0 Å². The fourth-order valence-electron chi connectivity index (χ4n) is 2.49. The Balaban J connectivity index is 2.18. The monoisotopic (exact) mass is 331 g/mol. The van der Waals surface area contributed by atoms with Crippen LogP contribution in [0.1, 0.15) is 18.9 Å². The molecule has 2 unspecified atom stereocenters. The first-order valence-electron chi connectivity index (χ1n) is 5.90. The van der Waals surface area contributed by atoms with E-state index in [1.807, 2.05) is 30.0 Å². The van der Waals surface area contributed by atoms with Gasteiger partial charge in [0.25, 0.3) is 0 Å². The lowest BCUT2D eigenvalue weighted by molar-refractivity contribution is -0.143. The summed E-state index contributed by atoms with van der Waals surface area (Å²) in [5, 5.41) is 9.95. The van der Waals surface area contributed by atoms with Gasteiger partial charge in [-0.05, 0) is 42.6 Å². The molecule has 0 aromatic heterocycles. The van der Waals surface area contributed by atoms with Crippen molar-refractivity contribution in [2.24, 2.45) is 5.92 Å². The van der Waals surface area contributed by atoms with Gasteiger partial charge < -0.3 is 5.11 Å². The van der Waals surface area contributed by atoms with Gasteiger partial charge in [0.2, 0.25) is 0 Å². The Morgan fingerprint density at radius 1 is 1.61 bits per heavy atom. The van der Waals surface area contributed by atoms with Crippen LogP contribution < -0.4 is 0 Å². The number of carboxylic acid groups (broad SMARTS) is 1. The van der Waals surface area contributed by atoms with Crippen molar-refractivity contribution in [3.05, 3.63) is 33.3 Å². The zero-order chi connectivity index (χ0) is 13.3. The van der Waals surface area contributed by atoms with Crippen molar-refractivity contribution >= 4 is 33.5 Å². The number of carboxylic acids is 1. The number of aliphatic carboxylic acids is 1. The van der Waals surface area contributed by atoms with Crippen molar-refractivity contribution in [2.75, 3.05) is 6.54 Å². The molecule has 0 amide bonds. The minimum atomic E-state index is -0.744. The molecule has 1 saturated heterocycles. The van der Waals surface area contributed by atoms with E-state index in [1.165, 1.54) is 0 Å². The molecule has 98 valence electrons. The van der Waals surface area contributed by atoms with Crippen LogP contribution in [0.5, 0.6) is 0 Å². The summed E-state index contributed by atoms with van der Waals surface area (Å²) in [5.74, 6) is -0.556. The number of nitrogens with zero attached hydrogens (tertiary/aromatic N) is 1. The second-order valence-electron chi connectivity index (χ2n) is 4.76. The highest BCUT2D eigenvalue weighted by Crippen LogP contribution is 2.29. The summed E-state index contributed by atoms with van der Waals surface area (Å²) in [5.41, 5.74) is 0.964. The third-order valence-electron chi connectivity index (χ3n) is 3.44. The fourth-order valence-corrected chi connectivity index (χ4v) is 3.07. The van der Waals surface area contributed by atoms with E-state index >= 15 is 0 Å². The Morgan fingerprint density at radius 3 is 3.00 bits per heavy atom. The zero-order valence-electron chi connectivity index (χ0n) is 10.1. The van der Waals surface area contributed by atoms with E-state index in [9.17, 15) is 9.90 Å².